The van der Waals surface area contributed by atoms with Gasteiger partial charge in [0.1, 0.15) is 0 Å². The third-order valence-corrected chi connectivity index (χ3v) is 1.90. The second-order valence-corrected chi connectivity index (χ2v) is 3.28. The van der Waals surface area contributed by atoms with Gasteiger partial charge >= 0.3 is 11.9 Å². The largest absolute Gasteiger partial charge is 0.463 e. The van der Waals surface area contributed by atoms with Crippen LogP contribution in [0.25, 0.3) is 0 Å². The van der Waals surface area contributed by atoms with Gasteiger partial charge in [-0.05, 0) is 13.8 Å². The van der Waals surface area contributed by atoms with Crippen molar-refractivity contribution >= 4 is 37.2 Å². The summed E-state index contributed by atoms with van der Waals surface area (Å²) in [5.74, 6) is -1.33. The molecule has 5 nitrogen and oxygen atoms in total. The molecular weight excluding hydrogens is 240 g/mol. The van der Waals surface area contributed by atoms with Gasteiger partial charge in [0.2, 0.25) is 0 Å². The van der Waals surface area contributed by atoms with Gasteiger partial charge in [-0.25, -0.2) is 9.59 Å². The Morgan fingerprint density at radius 3 is 1.60 bits per heavy atom. The summed E-state index contributed by atoms with van der Waals surface area (Å²) in [6, 6.07) is 0. The molecule has 0 saturated heterocycles. The molecule has 0 fully saturated rings. The number of carbonyl (C=O) groups is 2. The van der Waals surface area contributed by atoms with Crippen molar-refractivity contribution in [2.75, 3.05) is 13.2 Å². The predicted octanol–water partition coefficient (Wildman–Crippen LogP) is 0.641. The van der Waals surface area contributed by atoms with Crippen LogP contribution < -0.4 is 0 Å². The zero-order valence-electron chi connectivity index (χ0n) is 8.50. The van der Waals surface area contributed by atoms with E-state index in [0.29, 0.717) is 0 Å². The van der Waals surface area contributed by atoms with Crippen molar-refractivity contribution in [1.82, 2.24) is 0 Å². The van der Waals surface area contributed by atoms with E-state index in [1.165, 1.54) is 0 Å². The SMILES string of the molecule is CCOC(=O)C(S)OC(S)C(=O)OCC. The zero-order chi connectivity index (χ0) is 11.8. The highest BCUT2D eigenvalue weighted by molar-refractivity contribution is 7.82. The van der Waals surface area contributed by atoms with Crippen LogP contribution in [0.5, 0.6) is 0 Å². The van der Waals surface area contributed by atoms with E-state index < -0.39 is 22.8 Å². The summed E-state index contributed by atoms with van der Waals surface area (Å²) in [7, 11) is 0. The number of thiol groups is 2. The maximum absolute atomic E-state index is 11.0. The molecule has 88 valence electrons. The Morgan fingerprint density at radius 2 is 1.33 bits per heavy atom. The molecular formula is C8H14O5S2. The lowest BCUT2D eigenvalue weighted by Crippen LogP contribution is -2.29. The van der Waals surface area contributed by atoms with Crippen LogP contribution in [0.2, 0.25) is 0 Å². The smallest absolute Gasteiger partial charge is 0.345 e. The first kappa shape index (κ1) is 14.6. The number of hydrogen-bond donors (Lipinski definition) is 2. The average molecular weight is 254 g/mol. The van der Waals surface area contributed by atoms with Gasteiger partial charge < -0.3 is 14.2 Å². The minimum absolute atomic E-state index is 0.218. The first-order valence-electron chi connectivity index (χ1n) is 4.37. The molecule has 0 aliphatic heterocycles. The molecule has 0 aliphatic rings. The average Bonchev–Trinajstić information content (AvgIpc) is 2.18. The van der Waals surface area contributed by atoms with E-state index in [1.54, 1.807) is 13.8 Å². The minimum atomic E-state index is -1.14. The van der Waals surface area contributed by atoms with Crippen LogP contribution in [0.1, 0.15) is 13.8 Å². The third-order valence-electron chi connectivity index (χ3n) is 1.23. The van der Waals surface area contributed by atoms with Gasteiger partial charge in [-0.3, -0.25) is 0 Å². The van der Waals surface area contributed by atoms with Crippen molar-refractivity contribution in [1.29, 1.82) is 0 Å². The molecule has 0 spiro atoms. The molecule has 0 radical (unpaired) electrons. The van der Waals surface area contributed by atoms with Crippen LogP contribution in [-0.2, 0) is 23.8 Å². The first-order valence-corrected chi connectivity index (χ1v) is 5.41. The van der Waals surface area contributed by atoms with Crippen molar-refractivity contribution in [3.8, 4) is 0 Å². The van der Waals surface area contributed by atoms with E-state index >= 15 is 0 Å². The monoisotopic (exact) mass is 254 g/mol. The summed E-state index contributed by atoms with van der Waals surface area (Å²) < 4.78 is 14.1. The highest BCUT2D eigenvalue weighted by atomic mass is 32.1. The fraction of sp³-hybridized carbons (Fsp3) is 0.750. The molecule has 7 heteroatoms. The molecule has 2 atom stereocenters. The van der Waals surface area contributed by atoms with Gasteiger partial charge in [-0.1, -0.05) is 0 Å². The molecule has 0 N–H and O–H groups in total. The van der Waals surface area contributed by atoms with Crippen molar-refractivity contribution in [2.45, 2.75) is 24.7 Å². The molecule has 0 aromatic heterocycles. The van der Waals surface area contributed by atoms with Gasteiger partial charge in [0, 0.05) is 0 Å². The van der Waals surface area contributed by atoms with Crippen LogP contribution in [0.3, 0.4) is 0 Å². The van der Waals surface area contributed by atoms with E-state index in [0.717, 1.165) is 0 Å². The van der Waals surface area contributed by atoms with Gasteiger partial charge in [-0.2, -0.15) is 0 Å². The zero-order valence-corrected chi connectivity index (χ0v) is 10.3. The molecule has 2 unspecified atom stereocenters. The predicted molar refractivity (Wildman–Crippen MR) is 59.9 cm³/mol. The number of hydrogen-bond acceptors (Lipinski definition) is 7. The van der Waals surface area contributed by atoms with Crippen molar-refractivity contribution in [2.24, 2.45) is 0 Å². The lowest BCUT2D eigenvalue weighted by molar-refractivity contribution is -0.159. The number of carbonyl (C=O) groups excluding carboxylic acids is 2. The van der Waals surface area contributed by atoms with E-state index in [1.807, 2.05) is 0 Å². The molecule has 0 amide bonds. The second kappa shape index (κ2) is 7.84. The van der Waals surface area contributed by atoms with Crippen LogP contribution in [0.15, 0.2) is 0 Å². The lowest BCUT2D eigenvalue weighted by atomic mass is 10.6. The first-order chi connectivity index (χ1) is 7.02. The summed E-state index contributed by atoms with van der Waals surface area (Å²) >= 11 is 7.62. The molecule has 0 aromatic carbocycles. The fourth-order valence-electron chi connectivity index (χ4n) is 0.660. The van der Waals surface area contributed by atoms with E-state index in [9.17, 15) is 9.59 Å². The highest BCUT2D eigenvalue weighted by Crippen LogP contribution is 2.09. The number of esters is 2. The Kier molecular flexibility index (Phi) is 7.63. The summed E-state index contributed by atoms with van der Waals surface area (Å²) in [6.07, 6.45) is 0. The lowest BCUT2D eigenvalue weighted by Gasteiger charge is -2.15. The molecule has 0 aliphatic carbocycles. The topological polar surface area (TPSA) is 61.8 Å². The Bertz CT molecular complexity index is 199. The van der Waals surface area contributed by atoms with E-state index in [-0.39, 0.29) is 13.2 Å². The minimum Gasteiger partial charge on any atom is -0.463 e. The van der Waals surface area contributed by atoms with Gasteiger partial charge in [0.15, 0.2) is 10.9 Å². The van der Waals surface area contributed by atoms with Crippen LogP contribution in [0, 0.1) is 0 Å². The van der Waals surface area contributed by atoms with Crippen molar-refractivity contribution < 1.29 is 23.8 Å². The number of rotatable bonds is 6. The Balaban J connectivity index is 3.99. The quantitative estimate of drug-likeness (QED) is 0.414. The normalized spacial score (nSPS) is 14.1. The van der Waals surface area contributed by atoms with Gasteiger partial charge in [0.25, 0.3) is 0 Å². The van der Waals surface area contributed by atoms with E-state index in [2.05, 4.69) is 34.7 Å². The molecule has 0 aromatic rings. The Morgan fingerprint density at radius 1 is 1.00 bits per heavy atom. The maximum Gasteiger partial charge on any atom is 0.345 e. The molecule has 0 rings (SSSR count). The van der Waals surface area contributed by atoms with Crippen molar-refractivity contribution in [3.63, 3.8) is 0 Å². The van der Waals surface area contributed by atoms with Crippen LogP contribution in [0.4, 0.5) is 0 Å². The molecule has 0 saturated carbocycles. The summed E-state index contributed by atoms with van der Waals surface area (Å²) in [5, 5.41) is 0. The Hall–Kier alpha value is -0.400. The molecule has 0 bridgehead atoms. The standard InChI is InChI=1S/C8H14O5S2/c1-3-11-5(9)7(14)13-8(15)6(10)12-4-2/h7-8,14-15H,3-4H2,1-2H3. The van der Waals surface area contributed by atoms with Crippen molar-refractivity contribution in [3.05, 3.63) is 0 Å². The van der Waals surface area contributed by atoms with Gasteiger partial charge in [0.05, 0.1) is 13.2 Å². The Labute approximate surface area is 99.3 Å². The number of ether oxygens (including phenoxy) is 3. The van der Waals surface area contributed by atoms with Gasteiger partial charge in [-0.15, -0.1) is 25.3 Å². The summed E-state index contributed by atoms with van der Waals surface area (Å²) in [5.41, 5.74) is -2.28. The highest BCUT2D eigenvalue weighted by Gasteiger charge is 2.24. The summed E-state index contributed by atoms with van der Waals surface area (Å²) in [6.45, 7) is 3.75. The maximum atomic E-state index is 11.0. The molecule has 0 heterocycles. The second-order valence-electron chi connectivity index (χ2n) is 2.34. The molecule has 15 heavy (non-hydrogen) atoms. The van der Waals surface area contributed by atoms with Crippen LogP contribution in [-0.4, -0.2) is 36.0 Å². The van der Waals surface area contributed by atoms with E-state index in [4.69, 9.17) is 4.74 Å². The summed E-state index contributed by atoms with van der Waals surface area (Å²) in [4.78, 5) is 22.1. The third kappa shape index (κ3) is 5.91. The fourth-order valence-corrected chi connectivity index (χ4v) is 1.15. The van der Waals surface area contributed by atoms with Crippen LogP contribution >= 0.6 is 25.3 Å².